The number of fused-ring (bicyclic) bond motifs is 2. The van der Waals surface area contributed by atoms with Crippen molar-refractivity contribution < 1.29 is 33.9 Å². The smallest absolute Gasteiger partial charge is 0.358 e. The van der Waals surface area contributed by atoms with E-state index in [2.05, 4.69) is 10.7 Å². The van der Waals surface area contributed by atoms with E-state index in [1.165, 1.54) is 16.3 Å². The quantitative estimate of drug-likeness (QED) is 0.472. The number of hydrogen-bond acceptors (Lipinski definition) is 7. The molecule has 12 nitrogen and oxygen atoms in total. The van der Waals surface area contributed by atoms with E-state index in [0.717, 1.165) is 20.1 Å². The maximum absolute atomic E-state index is 13.4. The minimum Gasteiger partial charge on any atom is -0.481 e. The predicted molar refractivity (Wildman–Crippen MR) is 123 cm³/mol. The molecule has 2 saturated heterocycles. The van der Waals surface area contributed by atoms with Crippen LogP contribution >= 0.6 is 11.3 Å². The second-order valence-corrected chi connectivity index (χ2v) is 9.23. The number of thiophene rings is 1. The Hall–Kier alpha value is -4.00. The van der Waals surface area contributed by atoms with Gasteiger partial charge < -0.3 is 15.2 Å². The van der Waals surface area contributed by atoms with E-state index in [1.807, 2.05) is 24.3 Å². The Morgan fingerprint density at radius 2 is 1.97 bits per heavy atom. The summed E-state index contributed by atoms with van der Waals surface area (Å²) < 4.78 is 0.903. The molecule has 2 aliphatic rings. The Kier molecular flexibility index (Phi) is 6.96. The van der Waals surface area contributed by atoms with Crippen molar-refractivity contribution in [1.29, 1.82) is 0 Å². The highest BCUT2D eigenvalue weighted by Crippen LogP contribution is 2.26. The van der Waals surface area contributed by atoms with Gasteiger partial charge in [-0.2, -0.15) is 0 Å². The zero-order valence-corrected chi connectivity index (χ0v) is 19.3. The number of carboxylic acid groups (broad SMARTS) is 1. The fourth-order valence-corrected chi connectivity index (χ4v) is 5.04. The lowest BCUT2D eigenvalue weighted by molar-refractivity contribution is -0.155. The van der Waals surface area contributed by atoms with Gasteiger partial charge in [-0.3, -0.25) is 24.6 Å². The first-order chi connectivity index (χ1) is 16.8. The van der Waals surface area contributed by atoms with Crippen molar-refractivity contribution >= 4 is 57.4 Å². The molecule has 3 heterocycles. The standard InChI is InChI=1S/C22H23N5O7S/c28-12-14(11-19(30)31)23-20(32)15-5-3-8-26-18(29)7-9-25(22(34)27(15)26)24-21(33)17-10-13-4-1-2-6-16(13)35-17/h1-2,4,6,10,12,14-15H,3,5,7-9,11H2,(H,23,32)(H,24,33)(H,30,31). The van der Waals surface area contributed by atoms with Crippen LogP contribution in [0.2, 0.25) is 0 Å². The number of aliphatic carboxylic acids is 1. The minimum atomic E-state index is -1.28. The number of hydrogen-bond donors (Lipinski definition) is 3. The highest BCUT2D eigenvalue weighted by molar-refractivity contribution is 7.20. The number of carbonyl (C=O) groups is 6. The highest BCUT2D eigenvalue weighted by atomic mass is 32.1. The Morgan fingerprint density at radius 1 is 1.20 bits per heavy atom. The molecule has 1 aromatic carbocycles. The lowest BCUT2D eigenvalue weighted by Gasteiger charge is -2.42. The number of nitrogens with zero attached hydrogens (tertiary/aromatic N) is 3. The van der Waals surface area contributed by atoms with Gasteiger partial charge >= 0.3 is 12.0 Å². The van der Waals surface area contributed by atoms with Gasteiger partial charge in [-0.05, 0) is 30.4 Å². The van der Waals surface area contributed by atoms with Crippen LogP contribution < -0.4 is 10.7 Å². The number of benzene rings is 1. The molecule has 2 aromatic rings. The zero-order valence-electron chi connectivity index (χ0n) is 18.5. The summed E-state index contributed by atoms with van der Waals surface area (Å²) in [5.41, 5.74) is 2.55. The van der Waals surface area contributed by atoms with Gasteiger partial charge in [-0.1, -0.05) is 18.2 Å². The van der Waals surface area contributed by atoms with E-state index in [-0.39, 0.29) is 25.9 Å². The van der Waals surface area contributed by atoms with E-state index in [0.29, 0.717) is 17.6 Å². The molecule has 0 spiro atoms. The summed E-state index contributed by atoms with van der Waals surface area (Å²) in [7, 11) is 0. The first-order valence-corrected chi connectivity index (χ1v) is 11.8. The maximum atomic E-state index is 13.4. The molecule has 0 bridgehead atoms. The van der Waals surface area contributed by atoms with Gasteiger partial charge in [0, 0.05) is 17.7 Å². The number of urea groups is 1. The number of nitrogens with one attached hydrogen (secondary N) is 2. The number of carboxylic acids is 1. The third-order valence-corrected chi connectivity index (χ3v) is 6.86. The van der Waals surface area contributed by atoms with E-state index >= 15 is 0 Å². The Morgan fingerprint density at radius 3 is 2.69 bits per heavy atom. The fraction of sp³-hybridized carbons (Fsp3) is 0.364. The molecule has 4 rings (SSSR count). The topological polar surface area (TPSA) is 156 Å². The molecule has 0 saturated carbocycles. The van der Waals surface area contributed by atoms with Crippen molar-refractivity contribution in [2.24, 2.45) is 0 Å². The molecule has 2 aliphatic heterocycles. The number of amides is 5. The predicted octanol–water partition coefficient (Wildman–Crippen LogP) is 0.738. The molecule has 2 fully saturated rings. The normalized spacial score (nSPS) is 19.1. The molecule has 0 aliphatic carbocycles. The monoisotopic (exact) mass is 501 g/mol. The first kappa shape index (κ1) is 24.1. The van der Waals surface area contributed by atoms with Crippen LogP contribution in [-0.4, -0.2) is 81.3 Å². The number of hydrazine groups is 2. The molecular weight excluding hydrogens is 478 g/mol. The Labute approximate surface area is 203 Å². The van der Waals surface area contributed by atoms with Gasteiger partial charge in [0.2, 0.25) is 11.8 Å². The lowest BCUT2D eigenvalue weighted by Crippen LogP contribution is -2.64. The molecule has 5 amide bonds. The van der Waals surface area contributed by atoms with Crippen LogP contribution in [0, 0.1) is 0 Å². The van der Waals surface area contributed by atoms with Crippen LogP contribution in [0.3, 0.4) is 0 Å². The van der Waals surface area contributed by atoms with Gasteiger partial charge in [0.05, 0.1) is 23.9 Å². The fourth-order valence-electron chi connectivity index (χ4n) is 4.09. The van der Waals surface area contributed by atoms with E-state index < -0.39 is 48.2 Å². The van der Waals surface area contributed by atoms with Crippen LogP contribution in [0.4, 0.5) is 4.79 Å². The van der Waals surface area contributed by atoms with Crippen molar-refractivity contribution in [3.05, 3.63) is 35.2 Å². The first-order valence-electron chi connectivity index (χ1n) is 11.0. The second-order valence-electron chi connectivity index (χ2n) is 8.14. The molecular formula is C22H23N5O7S. The molecule has 2 atom stereocenters. The minimum absolute atomic E-state index is 0.0702. The summed E-state index contributed by atoms with van der Waals surface area (Å²) in [5.74, 6) is -2.96. The van der Waals surface area contributed by atoms with E-state index in [9.17, 15) is 28.8 Å². The third-order valence-electron chi connectivity index (χ3n) is 5.74. The zero-order chi connectivity index (χ0) is 25.1. The van der Waals surface area contributed by atoms with Gasteiger partial charge in [0.1, 0.15) is 12.3 Å². The molecule has 13 heteroatoms. The summed E-state index contributed by atoms with van der Waals surface area (Å²) in [5, 5.41) is 15.3. The molecule has 3 N–H and O–H groups in total. The number of rotatable bonds is 7. The molecule has 2 unspecified atom stereocenters. The molecule has 35 heavy (non-hydrogen) atoms. The molecule has 184 valence electrons. The van der Waals surface area contributed by atoms with Crippen molar-refractivity contribution in [2.45, 2.75) is 37.8 Å². The van der Waals surface area contributed by atoms with Crippen LogP contribution in [0.5, 0.6) is 0 Å². The summed E-state index contributed by atoms with van der Waals surface area (Å²) in [6.45, 7) is 0.115. The summed E-state index contributed by atoms with van der Waals surface area (Å²) in [6.07, 6.45) is 0.235. The van der Waals surface area contributed by atoms with Gasteiger partial charge in [-0.25, -0.2) is 19.8 Å². The van der Waals surface area contributed by atoms with E-state index in [4.69, 9.17) is 5.11 Å². The van der Waals surface area contributed by atoms with Crippen molar-refractivity contribution in [2.75, 3.05) is 13.1 Å². The van der Waals surface area contributed by atoms with E-state index in [1.54, 1.807) is 6.07 Å². The average molecular weight is 502 g/mol. The average Bonchev–Trinajstić information content (AvgIpc) is 3.24. The van der Waals surface area contributed by atoms with Crippen molar-refractivity contribution in [3.63, 3.8) is 0 Å². The van der Waals surface area contributed by atoms with Gasteiger partial charge in [-0.15, -0.1) is 11.3 Å². The highest BCUT2D eigenvalue weighted by Gasteiger charge is 2.44. The maximum Gasteiger partial charge on any atom is 0.358 e. The summed E-state index contributed by atoms with van der Waals surface area (Å²) in [6, 6.07) is 5.94. The SMILES string of the molecule is O=CC(CC(=O)O)NC(=O)C1CCCN2C(=O)CCN(NC(=O)c3cc4ccccc4s3)C(=O)N12. The number of carbonyl (C=O) groups excluding carboxylic acids is 5. The Balaban J connectivity index is 1.54. The molecule has 1 aromatic heterocycles. The second kappa shape index (κ2) is 10.1. The van der Waals surface area contributed by atoms with Gasteiger partial charge in [0.25, 0.3) is 5.91 Å². The van der Waals surface area contributed by atoms with Crippen LogP contribution in [0.25, 0.3) is 10.1 Å². The van der Waals surface area contributed by atoms with Gasteiger partial charge in [0.15, 0.2) is 0 Å². The Bertz CT molecular complexity index is 1160. The lowest BCUT2D eigenvalue weighted by atomic mass is 10.1. The third kappa shape index (κ3) is 5.09. The summed E-state index contributed by atoms with van der Waals surface area (Å²) in [4.78, 5) is 74.5. The van der Waals surface area contributed by atoms with Crippen LogP contribution in [0.15, 0.2) is 30.3 Å². The molecule has 0 radical (unpaired) electrons. The summed E-state index contributed by atoms with van der Waals surface area (Å²) >= 11 is 1.26. The largest absolute Gasteiger partial charge is 0.481 e. The number of aldehydes is 1. The van der Waals surface area contributed by atoms with Crippen molar-refractivity contribution in [3.8, 4) is 0 Å². The van der Waals surface area contributed by atoms with Crippen molar-refractivity contribution in [1.82, 2.24) is 25.8 Å². The van der Waals surface area contributed by atoms with Crippen LogP contribution in [-0.2, 0) is 19.2 Å². The van der Waals surface area contributed by atoms with Crippen LogP contribution in [0.1, 0.15) is 35.4 Å².